The normalized spacial score (nSPS) is 18.9. The summed E-state index contributed by atoms with van der Waals surface area (Å²) in [6, 6.07) is 3.05. The summed E-state index contributed by atoms with van der Waals surface area (Å²) >= 11 is 11.7. The van der Waals surface area contributed by atoms with E-state index in [1.54, 1.807) is 4.90 Å². The van der Waals surface area contributed by atoms with Crippen molar-refractivity contribution in [1.82, 2.24) is 9.88 Å². The number of carbonyl (C=O) groups excluding carboxylic acids is 1. The van der Waals surface area contributed by atoms with Crippen LogP contribution in [0.5, 0.6) is 0 Å². The van der Waals surface area contributed by atoms with Crippen molar-refractivity contribution in [2.24, 2.45) is 5.92 Å². The molecule has 0 bridgehead atoms. The van der Waals surface area contributed by atoms with Crippen LogP contribution >= 0.6 is 23.2 Å². The molecule has 2 rings (SSSR count). The Labute approximate surface area is 126 Å². The number of hydrogen-bond acceptors (Lipinski definition) is 3. The third-order valence-electron chi connectivity index (χ3n) is 3.28. The van der Waals surface area contributed by atoms with E-state index in [1.165, 1.54) is 12.1 Å². The lowest BCUT2D eigenvalue weighted by Crippen LogP contribution is -2.41. The molecule has 0 aliphatic carbocycles. The summed E-state index contributed by atoms with van der Waals surface area (Å²) in [6.45, 7) is 0.995. The molecular weight excluding hydrogens is 303 g/mol. The molecule has 1 aromatic heterocycles. The fraction of sp³-hybridized carbons (Fsp3) is 0.462. The lowest BCUT2D eigenvalue weighted by molar-refractivity contribution is -0.138. The molecule has 1 saturated heterocycles. The lowest BCUT2D eigenvalue weighted by Gasteiger charge is -2.32. The van der Waals surface area contributed by atoms with Gasteiger partial charge in [0.1, 0.15) is 10.8 Å². The molecular formula is C13H14Cl2N2O3. The van der Waals surface area contributed by atoms with Crippen LogP contribution in [0.15, 0.2) is 12.1 Å². The summed E-state index contributed by atoms with van der Waals surface area (Å²) in [5.74, 6) is -1.17. The van der Waals surface area contributed by atoms with Gasteiger partial charge in [-0.25, -0.2) is 4.98 Å². The van der Waals surface area contributed by atoms with Crippen LogP contribution in [0.1, 0.15) is 29.8 Å². The molecule has 1 atom stereocenters. The van der Waals surface area contributed by atoms with Gasteiger partial charge >= 0.3 is 5.97 Å². The molecule has 2 heterocycles. The van der Waals surface area contributed by atoms with Gasteiger partial charge in [0.15, 0.2) is 0 Å². The average Bonchev–Trinajstić information content (AvgIpc) is 2.40. The molecule has 1 aliphatic heterocycles. The summed E-state index contributed by atoms with van der Waals surface area (Å²) in [5, 5.41) is 9.29. The van der Waals surface area contributed by atoms with Crippen LogP contribution in [0.25, 0.3) is 0 Å². The Kier molecular flexibility index (Phi) is 4.83. The second-order valence-corrected chi connectivity index (χ2v) is 5.62. The molecule has 1 fully saturated rings. The lowest BCUT2D eigenvalue weighted by atomic mass is 9.94. The number of rotatable bonds is 3. The fourth-order valence-electron chi connectivity index (χ4n) is 2.38. The predicted octanol–water partition coefficient (Wildman–Crippen LogP) is 2.72. The van der Waals surface area contributed by atoms with E-state index in [1.807, 2.05) is 0 Å². The molecule has 7 heteroatoms. The maximum absolute atomic E-state index is 12.4. The number of halogens is 2. The Bertz CT molecular complexity index is 536. The number of carboxylic acid groups (broad SMARTS) is 1. The number of hydrogen-bond donors (Lipinski definition) is 1. The minimum atomic E-state index is -0.844. The maximum atomic E-state index is 12.4. The fourth-order valence-corrected chi connectivity index (χ4v) is 2.71. The number of likely N-dealkylation sites (tertiary alicyclic amines) is 1. The van der Waals surface area contributed by atoms with Crippen molar-refractivity contribution < 1.29 is 14.7 Å². The number of piperidine rings is 1. The topological polar surface area (TPSA) is 70.5 Å². The third-order valence-corrected chi connectivity index (χ3v) is 3.80. The van der Waals surface area contributed by atoms with Crippen LogP contribution in [0, 0.1) is 5.92 Å². The molecule has 20 heavy (non-hydrogen) atoms. The highest BCUT2D eigenvalue weighted by Crippen LogP contribution is 2.24. The van der Waals surface area contributed by atoms with Crippen LogP contribution < -0.4 is 0 Å². The Balaban J connectivity index is 2.12. The van der Waals surface area contributed by atoms with Crippen molar-refractivity contribution in [2.45, 2.75) is 19.3 Å². The first-order valence-electron chi connectivity index (χ1n) is 6.30. The van der Waals surface area contributed by atoms with E-state index in [4.69, 9.17) is 28.3 Å². The van der Waals surface area contributed by atoms with Crippen molar-refractivity contribution in [1.29, 1.82) is 0 Å². The first-order chi connectivity index (χ1) is 9.47. The molecule has 1 N–H and O–H groups in total. The molecule has 1 aliphatic rings. The number of aliphatic carboxylic acids is 1. The van der Waals surface area contributed by atoms with E-state index < -0.39 is 5.97 Å². The van der Waals surface area contributed by atoms with Crippen molar-refractivity contribution in [2.75, 3.05) is 13.1 Å². The smallest absolute Gasteiger partial charge is 0.303 e. The Hall–Kier alpha value is -1.33. The van der Waals surface area contributed by atoms with Gasteiger partial charge in [-0.1, -0.05) is 23.2 Å². The molecule has 5 nitrogen and oxygen atoms in total. The molecule has 0 saturated carbocycles. The van der Waals surface area contributed by atoms with E-state index in [-0.39, 0.29) is 34.1 Å². The van der Waals surface area contributed by atoms with Crippen molar-refractivity contribution in [3.05, 3.63) is 28.0 Å². The van der Waals surface area contributed by atoms with Gasteiger partial charge in [0.05, 0.1) is 5.02 Å². The van der Waals surface area contributed by atoms with Gasteiger partial charge in [-0.2, -0.15) is 0 Å². The van der Waals surface area contributed by atoms with Gasteiger partial charge in [-0.15, -0.1) is 0 Å². The average molecular weight is 317 g/mol. The molecule has 0 aromatic carbocycles. The van der Waals surface area contributed by atoms with E-state index in [0.717, 1.165) is 12.8 Å². The first-order valence-corrected chi connectivity index (χ1v) is 7.06. The highest BCUT2D eigenvalue weighted by Gasteiger charge is 2.27. The number of pyridine rings is 1. The summed E-state index contributed by atoms with van der Waals surface area (Å²) in [5.41, 5.74) is 0.121. The van der Waals surface area contributed by atoms with Crippen LogP contribution in [-0.4, -0.2) is 40.0 Å². The van der Waals surface area contributed by atoms with Gasteiger partial charge in [0.2, 0.25) is 0 Å². The molecule has 0 radical (unpaired) electrons. The number of carbonyl (C=O) groups is 2. The SMILES string of the molecule is O=C(O)CC1CCCN(C(=O)c2nc(Cl)ccc2Cl)C1. The highest BCUT2D eigenvalue weighted by molar-refractivity contribution is 6.34. The summed E-state index contributed by atoms with van der Waals surface area (Å²) in [7, 11) is 0. The van der Waals surface area contributed by atoms with E-state index in [9.17, 15) is 9.59 Å². The largest absolute Gasteiger partial charge is 0.481 e. The predicted molar refractivity (Wildman–Crippen MR) is 75.1 cm³/mol. The maximum Gasteiger partial charge on any atom is 0.303 e. The van der Waals surface area contributed by atoms with E-state index in [2.05, 4.69) is 4.98 Å². The molecule has 108 valence electrons. The van der Waals surface area contributed by atoms with Crippen molar-refractivity contribution >= 4 is 35.1 Å². The first kappa shape index (κ1) is 15.1. The minimum absolute atomic E-state index is 0.0249. The highest BCUT2D eigenvalue weighted by atomic mass is 35.5. The Morgan fingerprint density at radius 1 is 1.40 bits per heavy atom. The van der Waals surface area contributed by atoms with Crippen LogP contribution in [0.2, 0.25) is 10.2 Å². The molecule has 1 aromatic rings. The molecule has 1 amide bonds. The molecule has 1 unspecified atom stereocenters. The Morgan fingerprint density at radius 3 is 2.85 bits per heavy atom. The zero-order valence-corrected chi connectivity index (χ0v) is 12.2. The Morgan fingerprint density at radius 2 is 2.15 bits per heavy atom. The van der Waals surface area contributed by atoms with Gasteiger partial charge in [0.25, 0.3) is 5.91 Å². The monoisotopic (exact) mass is 316 g/mol. The van der Waals surface area contributed by atoms with Gasteiger partial charge < -0.3 is 10.0 Å². The van der Waals surface area contributed by atoms with Crippen molar-refractivity contribution in [3.63, 3.8) is 0 Å². The van der Waals surface area contributed by atoms with Crippen LogP contribution in [0.4, 0.5) is 0 Å². The zero-order chi connectivity index (χ0) is 14.7. The van der Waals surface area contributed by atoms with E-state index in [0.29, 0.717) is 13.1 Å². The number of aromatic nitrogens is 1. The van der Waals surface area contributed by atoms with Crippen molar-refractivity contribution in [3.8, 4) is 0 Å². The standard InChI is InChI=1S/C13H14Cl2N2O3/c14-9-3-4-10(15)16-12(9)13(20)17-5-1-2-8(7-17)6-11(18)19/h3-4,8H,1-2,5-7H2,(H,18,19). The third kappa shape index (κ3) is 3.61. The quantitative estimate of drug-likeness (QED) is 0.870. The number of nitrogens with zero attached hydrogens (tertiary/aromatic N) is 2. The molecule has 0 spiro atoms. The second-order valence-electron chi connectivity index (χ2n) is 4.82. The van der Waals surface area contributed by atoms with Gasteiger partial charge in [0, 0.05) is 19.5 Å². The summed E-state index contributed by atoms with van der Waals surface area (Å²) in [6.07, 6.45) is 1.66. The number of carboxylic acids is 1. The zero-order valence-electron chi connectivity index (χ0n) is 10.7. The van der Waals surface area contributed by atoms with E-state index >= 15 is 0 Å². The van der Waals surface area contributed by atoms with Gasteiger partial charge in [-0.05, 0) is 30.9 Å². The van der Waals surface area contributed by atoms with Crippen LogP contribution in [0.3, 0.4) is 0 Å². The van der Waals surface area contributed by atoms with Crippen LogP contribution in [-0.2, 0) is 4.79 Å². The summed E-state index contributed by atoms with van der Waals surface area (Å²) < 4.78 is 0. The minimum Gasteiger partial charge on any atom is -0.481 e. The number of amides is 1. The van der Waals surface area contributed by atoms with Gasteiger partial charge in [-0.3, -0.25) is 9.59 Å². The second kappa shape index (κ2) is 6.41. The summed E-state index contributed by atoms with van der Waals surface area (Å²) in [4.78, 5) is 28.7.